The largest absolute Gasteiger partial charge is 0.455 e. The normalized spacial score (nSPS) is 28.2. The van der Waals surface area contributed by atoms with Gasteiger partial charge in [-0.05, 0) is 31.2 Å². The summed E-state index contributed by atoms with van der Waals surface area (Å²) in [4.78, 5) is 61.0. The molecule has 4 saturated heterocycles. The predicted molar refractivity (Wildman–Crippen MR) is 185 cm³/mol. The zero-order chi connectivity index (χ0) is 35.0. The Kier molecular flexibility index (Phi) is 13.1. The maximum atomic E-state index is 14.6. The summed E-state index contributed by atoms with van der Waals surface area (Å²) >= 11 is 3.73. The van der Waals surface area contributed by atoms with Crippen LogP contribution in [0, 0.1) is 11.8 Å². The van der Waals surface area contributed by atoms with E-state index < -0.39 is 41.7 Å². The summed E-state index contributed by atoms with van der Waals surface area (Å²) in [7, 11) is 0. The zero-order valence-electron chi connectivity index (χ0n) is 28.1. The number of alkyl halides is 1. The number of nitrogens with zero attached hydrogens (tertiary/aromatic N) is 3. The van der Waals surface area contributed by atoms with Crippen molar-refractivity contribution in [2.45, 2.75) is 60.8 Å². The third kappa shape index (κ3) is 8.12. The molecule has 268 valence electrons. The molecule has 12 nitrogen and oxygen atoms in total. The third-order valence-electron chi connectivity index (χ3n) is 10.0. The van der Waals surface area contributed by atoms with Gasteiger partial charge < -0.3 is 34.4 Å². The molecule has 2 N–H and O–H groups in total. The van der Waals surface area contributed by atoms with Gasteiger partial charge in [-0.25, -0.2) is 0 Å². The number of likely N-dealkylation sites (tertiary alicyclic amines) is 1. The number of nitrogens with one attached hydrogen (secondary N) is 1. The van der Waals surface area contributed by atoms with E-state index in [0.717, 1.165) is 13.1 Å². The summed E-state index contributed by atoms with van der Waals surface area (Å²) in [6.07, 6.45) is 3.97. The molecule has 13 heteroatoms. The molecule has 1 aromatic carbocycles. The quantitative estimate of drug-likeness (QED) is 0.100. The highest BCUT2D eigenvalue weighted by Crippen LogP contribution is 2.60. The molecule has 4 fully saturated rings. The van der Waals surface area contributed by atoms with Crippen molar-refractivity contribution in [3.8, 4) is 0 Å². The van der Waals surface area contributed by atoms with Crippen LogP contribution in [0.1, 0.15) is 43.8 Å². The van der Waals surface area contributed by atoms with Crippen LogP contribution < -0.4 is 5.32 Å². The van der Waals surface area contributed by atoms with Gasteiger partial charge >= 0.3 is 5.97 Å². The van der Waals surface area contributed by atoms with Crippen molar-refractivity contribution >= 4 is 39.6 Å². The average Bonchev–Trinajstić information content (AvgIpc) is 3.71. The molecule has 4 heterocycles. The first kappa shape index (κ1) is 37.2. The summed E-state index contributed by atoms with van der Waals surface area (Å²) in [5.74, 6) is -3.25. The van der Waals surface area contributed by atoms with Gasteiger partial charge in [-0.3, -0.25) is 24.1 Å². The molecule has 7 atom stereocenters. The molecule has 0 saturated carbocycles. The fraction of sp³-hybridized carbons (Fsp3) is 0.611. The van der Waals surface area contributed by atoms with Gasteiger partial charge in [-0.1, -0.05) is 58.4 Å². The topological polar surface area (TPSA) is 138 Å². The van der Waals surface area contributed by atoms with E-state index in [4.69, 9.17) is 14.2 Å². The van der Waals surface area contributed by atoms with E-state index in [-0.39, 0.29) is 48.7 Å². The summed E-state index contributed by atoms with van der Waals surface area (Å²) < 4.78 is 18.3. The number of benzene rings is 1. The molecule has 0 radical (unpaired) electrons. The van der Waals surface area contributed by atoms with Crippen molar-refractivity contribution in [1.29, 1.82) is 0 Å². The van der Waals surface area contributed by atoms with Crippen LogP contribution >= 0.6 is 15.9 Å². The number of carbonyl (C=O) groups is 4. The highest BCUT2D eigenvalue weighted by atomic mass is 79.9. The number of allylic oxidation sites excluding steroid dienone is 1. The molecule has 1 spiro atoms. The minimum Gasteiger partial charge on any atom is -0.455 e. The second-order valence-corrected chi connectivity index (χ2v) is 14.3. The molecule has 49 heavy (non-hydrogen) atoms. The van der Waals surface area contributed by atoms with Crippen LogP contribution in [0.5, 0.6) is 0 Å². The number of esters is 1. The fourth-order valence-corrected chi connectivity index (χ4v) is 8.60. The lowest BCUT2D eigenvalue weighted by molar-refractivity contribution is -0.160. The molecule has 3 amide bonds. The number of aliphatic hydroxyl groups excluding tert-OH is 1. The third-order valence-corrected chi connectivity index (χ3v) is 10.9. The van der Waals surface area contributed by atoms with Crippen LogP contribution in [0.4, 0.5) is 0 Å². The van der Waals surface area contributed by atoms with Crippen molar-refractivity contribution in [2.75, 3.05) is 65.6 Å². The number of hydrogen-bond donors (Lipinski definition) is 2. The fourth-order valence-electron chi connectivity index (χ4n) is 7.66. The number of amides is 3. The highest BCUT2D eigenvalue weighted by Gasteiger charge is 2.77. The van der Waals surface area contributed by atoms with Crippen molar-refractivity contribution in [2.24, 2.45) is 11.8 Å². The Morgan fingerprint density at radius 3 is 2.59 bits per heavy atom. The summed E-state index contributed by atoms with van der Waals surface area (Å²) in [5, 5.41) is 12.4. The number of hydrogen-bond acceptors (Lipinski definition) is 9. The molecule has 1 unspecified atom stereocenters. The van der Waals surface area contributed by atoms with Gasteiger partial charge in [-0.15, -0.1) is 13.2 Å². The number of aliphatic hydroxyl groups is 1. The maximum Gasteiger partial charge on any atom is 0.313 e. The van der Waals surface area contributed by atoms with E-state index in [0.29, 0.717) is 64.1 Å². The standard InChI is InChI=1S/C36H49BrN4O8/c1-3-5-13-28(43)38-24-27(25-11-7-6-8-12-25)48-35(46)29-30-33(44)41(15-9-10-20-42)32(36(30)23-26(37)31(29)49-36)34(45)40(14-4-2)17-16-39-18-21-47-22-19-39/h3-4,6-8,11-12,26-27,29-32,42H,1-2,5,9-10,13-24H2,(H,38,43)/t26?,27-,29+,30-,31+,32+,36-/m0/s1. The van der Waals surface area contributed by atoms with Crippen molar-refractivity contribution < 1.29 is 38.5 Å². The van der Waals surface area contributed by atoms with Gasteiger partial charge in [0.25, 0.3) is 0 Å². The van der Waals surface area contributed by atoms with Crippen LogP contribution in [0.3, 0.4) is 0 Å². The van der Waals surface area contributed by atoms with E-state index in [2.05, 4.69) is 39.3 Å². The number of rotatable bonds is 18. The second-order valence-electron chi connectivity index (χ2n) is 13.1. The van der Waals surface area contributed by atoms with Gasteiger partial charge in [0.1, 0.15) is 17.7 Å². The minimum absolute atomic E-state index is 0.0423. The molecule has 0 aliphatic carbocycles. The number of carbonyl (C=O) groups excluding carboxylic acids is 4. The Bertz CT molecular complexity index is 1340. The number of ether oxygens (including phenoxy) is 3. The smallest absolute Gasteiger partial charge is 0.313 e. The molecule has 1 aromatic rings. The monoisotopic (exact) mass is 744 g/mol. The molecule has 5 rings (SSSR count). The lowest BCUT2D eigenvalue weighted by Gasteiger charge is -2.38. The molecule has 4 aliphatic rings. The SMILES string of the molecule is C=CCCC(=O)NC[C@H](OC(=O)[C@H]1[C@@H]2O[C@@]3(CC2Br)[C@@H]1C(=O)N(CCCCO)[C@@H]3C(=O)N(CC=C)CCN1CCOCC1)c1ccccc1. The summed E-state index contributed by atoms with van der Waals surface area (Å²) in [6.45, 7) is 12.0. The Morgan fingerprint density at radius 2 is 1.90 bits per heavy atom. The first-order valence-corrected chi connectivity index (χ1v) is 18.2. The lowest BCUT2D eigenvalue weighted by atomic mass is 9.70. The van der Waals surface area contributed by atoms with E-state index >= 15 is 0 Å². The molecule has 2 bridgehead atoms. The van der Waals surface area contributed by atoms with Crippen LogP contribution in [-0.2, 0) is 33.4 Å². The van der Waals surface area contributed by atoms with E-state index in [9.17, 15) is 24.3 Å². The maximum absolute atomic E-state index is 14.6. The second kappa shape index (κ2) is 17.2. The Labute approximate surface area is 296 Å². The van der Waals surface area contributed by atoms with E-state index in [1.54, 1.807) is 22.0 Å². The minimum atomic E-state index is -1.24. The molecule has 4 aliphatic heterocycles. The Morgan fingerprint density at radius 1 is 1.14 bits per heavy atom. The van der Waals surface area contributed by atoms with Crippen molar-refractivity contribution in [3.63, 3.8) is 0 Å². The molecule has 0 aromatic heterocycles. The predicted octanol–water partition coefficient (Wildman–Crippen LogP) is 2.22. The highest BCUT2D eigenvalue weighted by molar-refractivity contribution is 9.09. The number of morpholine rings is 1. The van der Waals surface area contributed by atoms with Crippen LogP contribution in [-0.4, -0.2) is 132 Å². The van der Waals surface area contributed by atoms with E-state index in [1.807, 2.05) is 30.3 Å². The first-order valence-electron chi connectivity index (χ1n) is 17.3. The van der Waals surface area contributed by atoms with Gasteiger partial charge in [0.2, 0.25) is 17.7 Å². The number of halogens is 1. The van der Waals surface area contributed by atoms with Gasteiger partial charge in [0.15, 0.2) is 0 Å². The Balaban J connectivity index is 1.41. The number of unbranched alkanes of at least 4 members (excludes halogenated alkanes) is 1. The van der Waals surface area contributed by atoms with Crippen LogP contribution in [0.2, 0.25) is 0 Å². The lowest BCUT2D eigenvalue weighted by Crippen LogP contribution is -2.57. The van der Waals surface area contributed by atoms with E-state index in [1.165, 1.54) is 0 Å². The Hall–Kier alpha value is -3.10. The first-order chi connectivity index (χ1) is 23.7. The van der Waals surface area contributed by atoms with Crippen LogP contribution in [0.15, 0.2) is 55.6 Å². The zero-order valence-corrected chi connectivity index (χ0v) is 29.6. The molecular formula is C36H49BrN4O8. The van der Waals surface area contributed by atoms with Gasteiger partial charge in [0.05, 0.1) is 37.7 Å². The molecular weight excluding hydrogens is 696 g/mol. The average molecular weight is 746 g/mol. The summed E-state index contributed by atoms with van der Waals surface area (Å²) in [6, 6.07) is 8.20. The van der Waals surface area contributed by atoms with Crippen molar-refractivity contribution in [1.82, 2.24) is 20.0 Å². The van der Waals surface area contributed by atoms with Crippen LogP contribution in [0.25, 0.3) is 0 Å². The van der Waals surface area contributed by atoms with Gasteiger partial charge in [0, 0.05) is 57.1 Å². The number of fused-ring (bicyclic) bond motifs is 1. The van der Waals surface area contributed by atoms with Gasteiger partial charge in [-0.2, -0.15) is 0 Å². The van der Waals surface area contributed by atoms with Crippen molar-refractivity contribution in [3.05, 3.63) is 61.2 Å². The summed E-state index contributed by atoms with van der Waals surface area (Å²) in [5.41, 5.74) is -0.541.